The van der Waals surface area contributed by atoms with Gasteiger partial charge in [0.05, 0.1) is 0 Å². The lowest BCUT2D eigenvalue weighted by molar-refractivity contribution is 0.776. The molecule has 0 radical (unpaired) electrons. The van der Waals surface area contributed by atoms with Gasteiger partial charge in [-0.2, -0.15) is 0 Å². The first-order valence-corrected chi connectivity index (χ1v) is 1.70. The summed E-state index contributed by atoms with van der Waals surface area (Å²) in [5.74, 6) is 0.787. The summed E-state index contributed by atoms with van der Waals surface area (Å²) in [6.07, 6.45) is 0. The van der Waals surface area contributed by atoms with Crippen LogP contribution < -0.4 is 5.32 Å². The van der Waals surface area contributed by atoms with Crippen molar-refractivity contribution in [3.63, 3.8) is 0 Å². The molecule has 1 aromatic heterocycles. The average molecular weight is 86.1 g/mol. The molecule has 1 rings (SSSR count). The van der Waals surface area contributed by atoms with Gasteiger partial charge >= 0.3 is 0 Å². The summed E-state index contributed by atoms with van der Waals surface area (Å²) < 4.78 is 0. The molecule has 0 bridgehead atoms. The minimum absolute atomic E-state index is 0.787. The summed E-state index contributed by atoms with van der Waals surface area (Å²) in [5.41, 5.74) is 0. The van der Waals surface area contributed by atoms with Gasteiger partial charge in [-0.15, -0.1) is 5.10 Å². The topological polar surface area (TPSA) is 56.5 Å². The second kappa shape index (κ2) is 1.04. The second-order valence-corrected chi connectivity index (χ2v) is 0.947. The maximum absolute atomic E-state index is 3.63. The van der Waals surface area contributed by atoms with Gasteiger partial charge in [0.2, 0.25) is 5.95 Å². The third kappa shape index (κ3) is 0.263. The van der Waals surface area contributed by atoms with E-state index in [2.05, 4.69) is 20.7 Å². The van der Waals surface area contributed by atoms with Gasteiger partial charge in [0, 0.05) is 7.05 Å². The van der Waals surface area contributed by atoms with E-state index in [0.717, 1.165) is 5.95 Å². The van der Waals surface area contributed by atoms with E-state index in [1.165, 1.54) is 0 Å². The quantitative estimate of drug-likeness (QED) is 0.442. The summed E-state index contributed by atoms with van der Waals surface area (Å²) in [6.45, 7) is 0. The van der Waals surface area contributed by atoms with Crippen molar-refractivity contribution in [2.75, 3.05) is 12.4 Å². The number of anilines is 1. The SMILES string of the molecule is CNc1n[nH][nH]1. The van der Waals surface area contributed by atoms with Crippen molar-refractivity contribution in [2.24, 2.45) is 0 Å². The lowest BCUT2D eigenvalue weighted by Crippen LogP contribution is -2.03. The molecule has 4 nitrogen and oxygen atoms in total. The highest BCUT2D eigenvalue weighted by Crippen LogP contribution is 1.85. The van der Waals surface area contributed by atoms with Crippen molar-refractivity contribution in [3.05, 3.63) is 0 Å². The summed E-state index contributed by atoms with van der Waals surface area (Å²) in [5, 5.41) is 11.6. The van der Waals surface area contributed by atoms with Gasteiger partial charge in [0.25, 0.3) is 0 Å². The van der Waals surface area contributed by atoms with Gasteiger partial charge in [-0.3, -0.25) is 5.10 Å². The lowest BCUT2D eigenvalue weighted by Gasteiger charge is -1.97. The number of H-pyrrole nitrogens is 2. The van der Waals surface area contributed by atoms with Crippen molar-refractivity contribution in [3.8, 4) is 0 Å². The molecule has 4 heteroatoms. The van der Waals surface area contributed by atoms with Crippen LogP contribution in [0, 0.1) is 0 Å². The molecular weight excluding hydrogens is 80.0 g/mol. The fourth-order valence-corrected chi connectivity index (χ4v) is 0.230. The molecule has 0 fully saturated rings. The third-order valence-electron chi connectivity index (χ3n) is 0.579. The van der Waals surface area contributed by atoms with Crippen molar-refractivity contribution in [2.45, 2.75) is 0 Å². The molecule has 34 valence electrons. The fraction of sp³-hybridized carbons (Fsp3) is 0.500. The Morgan fingerprint density at radius 3 is 2.50 bits per heavy atom. The van der Waals surface area contributed by atoms with Crippen LogP contribution in [0.25, 0.3) is 0 Å². The standard InChI is InChI=1S/C2H6N4/c1-3-2-4-6-5-2/h6H,1H3,(H2,3,4,5). The summed E-state index contributed by atoms with van der Waals surface area (Å²) in [7, 11) is 1.80. The maximum atomic E-state index is 3.63. The largest absolute Gasteiger partial charge is 0.356 e. The molecule has 0 aliphatic heterocycles. The molecule has 0 saturated heterocycles. The Hall–Kier alpha value is -0.930. The molecule has 3 N–H and O–H groups in total. The first-order valence-electron chi connectivity index (χ1n) is 1.70. The molecule has 0 unspecified atom stereocenters. The van der Waals surface area contributed by atoms with Crippen molar-refractivity contribution in [1.29, 1.82) is 0 Å². The zero-order valence-corrected chi connectivity index (χ0v) is 3.45. The van der Waals surface area contributed by atoms with Crippen LogP contribution in [0.4, 0.5) is 5.95 Å². The highest BCUT2D eigenvalue weighted by molar-refractivity contribution is 5.17. The predicted octanol–water partition coefficient (Wildman–Crippen LogP) is -0.221. The summed E-state index contributed by atoms with van der Waals surface area (Å²) >= 11 is 0. The van der Waals surface area contributed by atoms with Crippen LogP contribution in [0.2, 0.25) is 0 Å². The van der Waals surface area contributed by atoms with Crippen LogP contribution in [-0.4, -0.2) is 22.5 Å². The number of aromatic amines is 2. The Bertz CT molecular complexity index is 98.2. The van der Waals surface area contributed by atoms with E-state index in [9.17, 15) is 0 Å². The van der Waals surface area contributed by atoms with Gasteiger partial charge in [-0.25, -0.2) is 5.21 Å². The van der Waals surface area contributed by atoms with Gasteiger partial charge in [0.15, 0.2) is 0 Å². The number of nitrogens with zero attached hydrogens (tertiary/aromatic N) is 1. The minimum Gasteiger partial charge on any atom is -0.356 e. The van der Waals surface area contributed by atoms with E-state index in [-0.39, 0.29) is 0 Å². The van der Waals surface area contributed by atoms with Crippen LogP contribution >= 0.6 is 0 Å². The van der Waals surface area contributed by atoms with E-state index < -0.39 is 0 Å². The van der Waals surface area contributed by atoms with E-state index in [1.807, 2.05) is 0 Å². The smallest absolute Gasteiger partial charge is 0.235 e. The lowest BCUT2D eigenvalue weighted by atomic mass is 11.0. The molecule has 0 aliphatic carbocycles. The highest BCUT2D eigenvalue weighted by Gasteiger charge is 1.83. The first kappa shape index (κ1) is 3.27. The molecule has 1 heterocycles. The number of hydrogen-bond donors (Lipinski definition) is 3. The van der Waals surface area contributed by atoms with Crippen LogP contribution in [-0.2, 0) is 0 Å². The number of aromatic nitrogens is 3. The molecule has 0 aromatic carbocycles. The Kier molecular flexibility index (Phi) is 0.567. The van der Waals surface area contributed by atoms with Gasteiger partial charge in [-0.1, -0.05) is 0 Å². The first-order chi connectivity index (χ1) is 2.93. The zero-order valence-electron chi connectivity index (χ0n) is 3.45. The molecule has 0 aliphatic rings. The van der Waals surface area contributed by atoms with E-state index >= 15 is 0 Å². The second-order valence-electron chi connectivity index (χ2n) is 0.947. The summed E-state index contributed by atoms with van der Waals surface area (Å²) in [4.78, 5) is 0. The molecule has 0 spiro atoms. The fourth-order valence-electron chi connectivity index (χ4n) is 0.230. The Labute approximate surface area is 34.9 Å². The Morgan fingerprint density at radius 2 is 2.50 bits per heavy atom. The van der Waals surface area contributed by atoms with Gasteiger partial charge < -0.3 is 5.32 Å². The van der Waals surface area contributed by atoms with E-state index in [1.54, 1.807) is 7.05 Å². The third-order valence-corrected chi connectivity index (χ3v) is 0.579. The monoisotopic (exact) mass is 86.1 g/mol. The van der Waals surface area contributed by atoms with Crippen molar-refractivity contribution < 1.29 is 0 Å². The molecule has 6 heavy (non-hydrogen) atoms. The number of nitrogens with one attached hydrogen (secondary N) is 3. The van der Waals surface area contributed by atoms with Crippen LogP contribution in [0.5, 0.6) is 0 Å². The zero-order chi connectivity index (χ0) is 4.41. The highest BCUT2D eigenvalue weighted by atomic mass is 15.5. The maximum Gasteiger partial charge on any atom is 0.235 e. The predicted molar refractivity (Wildman–Crippen MR) is 22.5 cm³/mol. The minimum atomic E-state index is 0.787. The normalized spacial score (nSPS) is 8.83. The molecule has 0 atom stereocenters. The van der Waals surface area contributed by atoms with Gasteiger partial charge in [-0.05, 0) is 0 Å². The molecule has 1 aromatic rings. The number of hydrogen-bond acceptors (Lipinski definition) is 2. The van der Waals surface area contributed by atoms with Gasteiger partial charge in [0.1, 0.15) is 0 Å². The van der Waals surface area contributed by atoms with Crippen molar-refractivity contribution in [1.82, 2.24) is 15.4 Å². The van der Waals surface area contributed by atoms with E-state index in [4.69, 9.17) is 0 Å². The molecular formula is C2H6N4. The Balaban J connectivity index is 2.51. The average Bonchev–Trinajstić information content (AvgIpc) is 1.31. The Morgan fingerprint density at radius 1 is 1.83 bits per heavy atom. The molecule has 0 amide bonds. The van der Waals surface area contributed by atoms with Crippen LogP contribution in [0.3, 0.4) is 0 Å². The van der Waals surface area contributed by atoms with Crippen LogP contribution in [0.15, 0.2) is 0 Å². The van der Waals surface area contributed by atoms with Crippen LogP contribution in [0.1, 0.15) is 0 Å². The summed E-state index contributed by atoms with van der Waals surface area (Å²) in [6, 6.07) is 0. The van der Waals surface area contributed by atoms with Crippen molar-refractivity contribution >= 4 is 5.95 Å². The molecule has 0 saturated carbocycles. The number of rotatable bonds is 1. The van der Waals surface area contributed by atoms with E-state index in [0.29, 0.717) is 0 Å².